The molecule has 23 heavy (non-hydrogen) atoms. The predicted molar refractivity (Wildman–Crippen MR) is 99.0 cm³/mol. The van der Waals surface area contributed by atoms with E-state index in [1.165, 1.54) is 0 Å². The van der Waals surface area contributed by atoms with Gasteiger partial charge in [-0.15, -0.1) is 0 Å². The van der Waals surface area contributed by atoms with Gasteiger partial charge >= 0.3 is 5.97 Å². The summed E-state index contributed by atoms with van der Waals surface area (Å²) in [6, 6.07) is 0. The third-order valence-electron chi connectivity index (χ3n) is 5.25. The van der Waals surface area contributed by atoms with E-state index in [4.69, 9.17) is 4.74 Å². The van der Waals surface area contributed by atoms with E-state index in [0.717, 1.165) is 24.8 Å². The summed E-state index contributed by atoms with van der Waals surface area (Å²) in [5.41, 5.74) is 1.62. The van der Waals surface area contributed by atoms with Crippen molar-refractivity contribution in [3.63, 3.8) is 0 Å². The Kier molecular flexibility index (Phi) is 8.81. The predicted octanol–water partition coefficient (Wildman–Crippen LogP) is 4.64. The molecule has 0 aliphatic rings. The average Bonchev–Trinajstić information content (AvgIpc) is 2.43. The van der Waals surface area contributed by atoms with E-state index in [9.17, 15) is 9.59 Å². The zero-order chi connectivity index (χ0) is 18.3. The molecule has 0 radical (unpaired) electrons. The fourth-order valence-electron chi connectivity index (χ4n) is 2.82. The monoisotopic (exact) mass is 341 g/mol. The molecular formula is C18H35NO3Si. The number of esters is 1. The van der Waals surface area contributed by atoms with Crippen molar-refractivity contribution in [2.75, 3.05) is 6.61 Å². The highest BCUT2D eigenvalue weighted by molar-refractivity contribution is 6.82. The number of allylic oxidation sites excluding steroid dienone is 1. The highest BCUT2D eigenvalue weighted by Crippen LogP contribution is 2.49. The van der Waals surface area contributed by atoms with Crippen LogP contribution in [0.1, 0.15) is 60.8 Å². The van der Waals surface area contributed by atoms with Crippen LogP contribution in [0.4, 0.5) is 0 Å². The summed E-state index contributed by atoms with van der Waals surface area (Å²) in [4.78, 5) is 23.2. The minimum absolute atomic E-state index is 0.202. The van der Waals surface area contributed by atoms with Gasteiger partial charge in [-0.3, -0.25) is 4.79 Å². The van der Waals surface area contributed by atoms with E-state index >= 15 is 0 Å². The van der Waals surface area contributed by atoms with E-state index < -0.39 is 14.0 Å². The largest absolute Gasteiger partial charge is 0.461 e. The van der Waals surface area contributed by atoms with Crippen molar-refractivity contribution in [2.24, 2.45) is 0 Å². The number of rotatable bonds is 9. The van der Waals surface area contributed by atoms with Gasteiger partial charge in [0.25, 0.3) is 0 Å². The Hall–Kier alpha value is -1.10. The minimum Gasteiger partial charge on any atom is -0.461 e. The van der Waals surface area contributed by atoms with Crippen molar-refractivity contribution in [1.82, 2.24) is 5.32 Å². The zero-order valence-electron chi connectivity index (χ0n) is 16.2. The van der Waals surface area contributed by atoms with Crippen LogP contribution in [0.25, 0.3) is 0 Å². The molecule has 5 heteroatoms. The summed E-state index contributed by atoms with van der Waals surface area (Å²) in [6.45, 7) is 17.8. The standard InChI is InChI=1S/C18H35NO3Si/c1-9-11-12-15(23(7,8)18(4,5)6)14(3)16(19-13-20)17(21)22-10-2/h13,15H,9-12H2,1-8H3,(H,19,20)/b16-14-/t15-/m0/s1. The number of nitrogens with one attached hydrogen (secondary N) is 1. The molecule has 0 rings (SSSR count). The summed E-state index contributed by atoms with van der Waals surface area (Å²) in [7, 11) is -1.72. The smallest absolute Gasteiger partial charge is 0.354 e. The molecule has 0 unspecified atom stereocenters. The molecular weight excluding hydrogens is 306 g/mol. The van der Waals surface area contributed by atoms with Gasteiger partial charge in [-0.2, -0.15) is 0 Å². The molecule has 0 aromatic carbocycles. The molecule has 134 valence electrons. The molecule has 0 heterocycles. The lowest BCUT2D eigenvalue weighted by molar-refractivity contribution is -0.139. The summed E-state index contributed by atoms with van der Waals surface area (Å²) in [6.07, 6.45) is 3.85. The normalized spacial score (nSPS) is 14.8. The molecule has 1 N–H and O–H groups in total. The van der Waals surface area contributed by atoms with Gasteiger partial charge in [0.2, 0.25) is 6.41 Å². The molecule has 0 fully saturated rings. The van der Waals surface area contributed by atoms with Gasteiger partial charge in [-0.05, 0) is 36.4 Å². The van der Waals surface area contributed by atoms with Crippen LogP contribution in [0.2, 0.25) is 23.7 Å². The molecule has 0 aromatic heterocycles. The molecule has 1 atom stereocenters. The second-order valence-electron chi connectivity index (χ2n) is 7.71. The second-order valence-corrected chi connectivity index (χ2v) is 13.3. The van der Waals surface area contributed by atoms with Gasteiger partial charge < -0.3 is 10.1 Å². The van der Waals surface area contributed by atoms with E-state index in [1.54, 1.807) is 6.92 Å². The van der Waals surface area contributed by atoms with Gasteiger partial charge in [0.1, 0.15) is 5.70 Å². The first kappa shape index (κ1) is 21.9. The maximum atomic E-state index is 12.2. The topological polar surface area (TPSA) is 55.4 Å². The van der Waals surface area contributed by atoms with Crippen LogP contribution in [0.3, 0.4) is 0 Å². The Balaban J connectivity index is 5.95. The van der Waals surface area contributed by atoms with Crippen molar-refractivity contribution in [2.45, 2.75) is 84.5 Å². The molecule has 0 saturated heterocycles. The molecule has 0 aliphatic heterocycles. The summed E-state index contributed by atoms with van der Waals surface area (Å²) in [5, 5.41) is 2.80. The van der Waals surface area contributed by atoms with Gasteiger partial charge in [-0.25, -0.2) is 4.79 Å². The van der Waals surface area contributed by atoms with Gasteiger partial charge in [0.15, 0.2) is 0 Å². The van der Waals surface area contributed by atoms with E-state index in [1.807, 2.05) is 6.92 Å². The van der Waals surface area contributed by atoms with E-state index in [2.05, 4.69) is 46.1 Å². The van der Waals surface area contributed by atoms with Crippen molar-refractivity contribution in [1.29, 1.82) is 0 Å². The van der Waals surface area contributed by atoms with Crippen LogP contribution >= 0.6 is 0 Å². The molecule has 4 nitrogen and oxygen atoms in total. The van der Waals surface area contributed by atoms with Crippen LogP contribution in [-0.2, 0) is 14.3 Å². The molecule has 0 saturated carbocycles. The first-order valence-electron chi connectivity index (χ1n) is 8.62. The Morgan fingerprint density at radius 1 is 1.26 bits per heavy atom. The van der Waals surface area contributed by atoms with Crippen molar-refractivity contribution < 1.29 is 14.3 Å². The number of unbranched alkanes of at least 4 members (excludes halogenated alkanes) is 1. The second kappa shape index (κ2) is 9.26. The van der Waals surface area contributed by atoms with Crippen LogP contribution in [0.15, 0.2) is 11.3 Å². The number of ether oxygens (including phenoxy) is 1. The fourth-order valence-corrected chi connectivity index (χ4v) is 6.02. The molecule has 0 aromatic rings. The summed E-state index contributed by atoms with van der Waals surface area (Å²) >= 11 is 0. The molecule has 0 aliphatic carbocycles. The Morgan fingerprint density at radius 3 is 2.22 bits per heavy atom. The lowest BCUT2D eigenvalue weighted by Gasteiger charge is -2.44. The molecule has 0 bridgehead atoms. The third-order valence-corrected chi connectivity index (χ3v) is 11.6. The zero-order valence-corrected chi connectivity index (χ0v) is 17.2. The lowest BCUT2D eigenvalue weighted by Crippen LogP contribution is -2.43. The number of carbonyl (C=O) groups is 2. The third kappa shape index (κ3) is 5.79. The summed E-state index contributed by atoms with van der Waals surface area (Å²) in [5.74, 6) is -0.433. The fraction of sp³-hybridized carbons (Fsp3) is 0.778. The maximum Gasteiger partial charge on any atom is 0.354 e. The van der Waals surface area contributed by atoms with Crippen LogP contribution in [0, 0.1) is 0 Å². The van der Waals surface area contributed by atoms with Crippen LogP contribution in [-0.4, -0.2) is 27.1 Å². The highest BCUT2D eigenvalue weighted by atomic mass is 28.3. The number of hydrogen-bond acceptors (Lipinski definition) is 3. The molecule has 1 amide bonds. The Morgan fingerprint density at radius 2 is 1.83 bits per heavy atom. The maximum absolute atomic E-state index is 12.2. The SMILES string of the molecule is CCCC[C@@H](/C(C)=C(\NC=O)C(=O)OCC)[Si](C)(C)C(C)(C)C. The highest BCUT2D eigenvalue weighted by Gasteiger charge is 2.43. The summed E-state index contributed by atoms with van der Waals surface area (Å²) < 4.78 is 5.13. The number of carbonyl (C=O) groups excluding carboxylic acids is 2. The van der Waals surface area contributed by atoms with Crippen molar-refractivity contribution in [3.05, 3.63) is 11.3 Å². The number of amides is 1. The Labute approximate surface area is 143 Å². The van der Waals surface area contributed by atoms with Gasteiger partial charge in [-0.1, -0.05) is 53.6 Å². The lowest BCUT2D eigenvalue weighted by atomic mass is 10.1. The van der Waals surface area contributed by atoms with Gasteiger partial charge in [0.05, 0.1) is 14.7 Å². The van der Waals surface area contributed by atoms with E-state index in [0.29, 0.717) is 24.3 Å². The van der Waals surface area contributed by atoms with Crippen LogP contribution in [0.5, 0.6) is 0 Å². The van der Waals surface area contributed by atoms with Crippen molar-refractivity contribution >= 4 is 20.5 Å². The first-order chi connectivity index (χ1) is 10.5. The van der Waals surface area contributed by atoms with Crippen LogP contribution < -0.4 is 5.32 Å². The Bertz CT molecular complexity index is 436. The van der Waals surface area contributed by atoms with Crippen molar-refractivity contribution in [3.8, 4) is 0 Å². The van der Waals surface area contributed by atoms with Gasteiger partial charge in [0, 0.05) is 0 Å². The number of hydrogen-bond donors (Lipinski definition) is 1. The average molecular weight is 342 g/mol. The molecule has 0 spiro atoms. The minimum atomic E-state index is -1.72. The quantitative estimate of drug-likeness (QED) is 0.288. The first-order valence-corrected chi connectivity index (χ1v) is 11.7. The van der Waals surface area contributed by atoms with E-state index in [-0.39, 0.29) is 5.04 Å².